The highest BCUT2D eigenvalue weighted by Gasteiger charge is 2.36. The first-order valence-electron chi connectivity index (χ1n) is 17.8. The Balaban J connectivity index is 1.50. The molecule has 2 fully saturated rings. The number of aliphatic hydroxyl groups excluding tert-OH is 2. The molecule has 46 heavy (non-hydrogen) atoms. The van der Waals surface area contributed by atoms with Crippen molar-refractivity contribution in [3.8, 4) is 0 Å². The zero-order valence-corrected chi connectivity index (χ0v) is 29.4. The molecule has 7 nitrogen and oxygen atoms in total. The maximum absolute atomic E-state index is 14.1. The molecule has 0 aromatic heterocycles. The summed E-state index contributed by atoms with van der Waals surface area (Å²) in [5.74, 6) is 2.06. The molecule has 0 saturated heterocycles. The molecular weight excluding hydrogens is 595 g/mol. The molecule has 0 unspecified atom stereocenters. The second-order valence-electron chi connectivity index (χ2n) is 14.7. The van der Waals surface area contributed by atoms with Crippen molar-refractivity contribution in [2.75, 3.05) is 32.1 Å². The lowest BCUT2D eigenvalue weighted by Gasteiger charge is -2.34. The zero-order valence-electron chi connectivity index (χ0n) is 28.6. The van der Waals surface area contributed by atoms with Gasteiger partial charge in [-0.25, -0.2) is 0 Å². The molecule has 256 valence electrons. The van der Waals surface area contributed by atoms with Crippen LogP contribution < -0.4 is 10.6 Å². The molecule has 0 aliphatic heterocycles. The summed E-state index contributed by atoms with van der Waals surface area (Å²) < 4.78 is 0. The zero-order chi connectivity index (χ0) is 33.1. The van der Waals surface area contributed by atoms with Gasteiger partial charge in [-0.2, -0.15) is 11.8 Å². The van der Waals surface area contributed by atoms with E-state index in [4.69, 9.17) is 0 Å². The molecule has 2 amide bonds. The normalized spacial score (nSPS) is 19.1. The van der Waals surface area contributed by atoms with Gasteiger partial charge >= 0.3 is 0 Å². The number of carbonyl (C=O) groups is 2. The lowest BCUT2D eigenvalue weighted by atomic mass is 9.82. The Bertz CT molecular complexity index is 1220. The third-order valence-corrected chi connectivity index (χ3v) is 10.9. The Morgan fingerprint density at radius 3 is 2.28 bits per heavy atom. The van der Waals surface area contributed by atoms with Gasteiger partial charge in [-0.05, 0) is 73.9 Å². The summed E-state index contributed by atoms with van der Waals surface area (Å²) in [6, 6.07) is 13.4. The molecule has 5 atom stereocenters. The smallest absolute Gasteiger partial charge is 0.242 e. The van der Waals surface area contributed by atoms with Crippen molar-refractivity contribution >= 4 is 34.3 Å². The molecule has 0 radical (unpaired) electrons. The minimum Gasteiger partial charge on any atom is -0.390 e. The molecule has 2 aliphatic carbocycles. The average Bonchev–Trinajstić information content (AvgIpc) is 3.85. The third kappa shape index (κ3) is 11.8. The molecule has 0 heterocycles. The van der Waals surface area contributed by atoms with Crippen molar-refractivity contribution in [2.24, 2.45) is 23.7 Å². The molecule has 0 bridgehead atoms. The number of benzene rings is 2. The molecule has 2 saturated carbocycles. The van der Waals surface area contributed by atoms with E-state index in [9.17, 15) is 19.8 Å². The Morgan fingerprint density at radius 2 is 1.59 bits per heavy atom. The summed E-state index contributed by atoms with van der Waals surface area (Å²) in [7, 11) is 4.12. The van der Waals surface area contributed by atoms with E-state index < -0.39 is 24.3 Å². The Labute approximate surface area is 281 Å². The van der Waals surface area contributed by atoms with E-state index in [1.807, 2.05) is 26.0 Å². The maximum atomic E-state index is 14.1. The lowest BCUT2D eigenvalue weighted by Crippen LogP contribution is -2.56. The summed E-state index contributed by atoms with van der Waals surface area (Å²) in [5, 5.41) is 30.9. The minimum absolute atomic E-state index is 0.0877. The highest BCUT2D eigenvalue weighted by molar-refractivity contribution is 7.99. The molecule has 8 heteroatoms. The van der Waals surface area contributed by atoms with Crippen LogP contribution in [0.15, 0.2) is 42.5 Å². The van der Waals surface area contributed by atoms with Crippen molar-refractivity contribution in [3.63, 3.8) is 0 Å². The number of carbonyl (C=O) groups excluding carboxylic acids is 2. The topological polar surface area (TPSA) is 102 Å². The maximum Gasteiger partial charge on any atom is 0.242 e. The van der Waals surface area contributed by atoms with Gasteiger partial charge in [-0.3, -0.25) is 9.59 Å². The van der Waals surface area contributed by atoms with E-state index in [0.29, 0.717) is 43.3 Å². The first kappa shape index (κ1) is 36.7. The first-order valence-corrected chi connectivity index (χ1v) is 18.9. The quantitative estimate of drug-likeness (QED) is 0.143. The number of amides is 2. The van der Waals surface area contributed by atoms with Crippen LogP contribution in [-0.2, 0) is 16.0 Å². The second kappa shape index (κ2) is 18.4. The molecule has 0 spiro atoms. The van der Waals surface area contributed by atoms with Crippen LogP contribution in [0, 0.1) is 23.7 Å². The van der Waals surface area contributed by atoms with Crippen LogP contribution in [-0.4, -0.2) is 83.4 Å². The van der Waals surface area contributed by atoms with Crippen LogP contribution in [0.3, 0.4) is 0 Å². The molecule has 4 N–H and O–H groups in total. The van der Waals surface area contributed by atoms with Gasteiger partial charge in [0.15, 0.2) is 0 Å². The number of rotatable bonds is 19. The fourth-order valence-corrected chi connectivity index (χ4v) is 8.10. The van der Waals surface area contributed by atoms with E-state index in [0.717, 1.165) is 54.3 Å². The fourth-order valence-electron chi connectivity index (χ4n) is 6.88. The van der Waals surface area contributed by atoms with Gasteiger partial charge in [-0.1, -0.05) is 101 Å². The van der Waals surface area contributed by atoms with E-state index in [-0.39, 0.29) is 23.7 Å². The highest BCUT2D eigenvalue weighted by Crippen LogP contribution is 2.34. The van der Waals surface area contributed by atoms with Gasteiger partial charge < -0.3 is 25.7 Å². The summed E-state index contributed by atoms with van der Waals surface area (Å²) >= 11 is 1.78. The van der Waals surface area contributed by atoms with Crippen LogP contribution >= 0.6 is 11.8 Å². The molecule has 2 aliphatic rings. The van der Waals surface area contributed by atoms with Crippen molar-refractivity contribution < 1.29 is 19.8 Å². The number of fused-ring (bicyclic) bond motifs is 1. The number of aliphatic hydroxyl groups is 2. The van der Waals surface area contributed by atoms with Crippen LogP contribution in [0.1, 0.15) is 83.6 Å². The minimum atomic E-state index is -1.04. The van der Waals surface area contributed by atoms with Crippen molar-refractivity contribution in [2.45, 2.75) is 109 Å². The SMILES string of the molecule is CC(C)C[C@H](O)[C@H](O)[C@H](CC1CCCCC1)NC(=O)[C@H](CC1CC1)NC(=O)[C@@H](CSCCN(C)C)Cc1cccc2ccccc12. The average molecular weight is 654 g/mol. The summed E-state index contributed by atoms with van der Waals surface area (Å²) in [5.41, 5.74) is 1.14. The van der Waals surface area contributed by atoms with Gasteiger partial charge in [0, 0.05) is 18.1 Å². The number of nitrogens with one attached hydrogen (secondary N) is 2. The highest BCUT2D eigenvalue weighted by atomic mass is 32.2. The van der Waals surface area contributed by atoms with Crippen LogP contribution in [0.2, 0.25) is 0 Å². The molecule has 2 aromatic carbocycles. The summed E-state index contributed by atoms with van der Waals surface area (Å²) in [6.07, 6.45) is 8.26. The fraction of sp³-hybridized carbons (Fsp3) is 0.684. The number of hydrogen-bond acceptors (Lipinski definition) is 6. The number of nitrogens with zero attached hydrogens (tertiary/aromatic N) is 1. The van der Waals surface area contributed by atoms with Crippen LogP contribution in [0.25, 0.3) is 10.8 Å². The third-order valence-electron chi connectivity index (χ3n) is 9.78. The standard InChI is InChI=1S/C38H59N3O4S/c1-26(2)21-35(42)36(43)33(22-27-11-6-5-7-12-27)39-38(45)34(23-28-17-18-28)40-37(44)31(25-46-20-19-41(3)4)24-30-15-10-14-29-13-8-9-16-32(29)30/h8-10,13-16,26-28,31,33-36,42-43H,5-7,11-12,17-25H2,1-4H3,(H,39,45)(H,40,44)/t31-,33+,34+,35+,36-/m1/s1. The number of thioether (sulfide) groups is 1. The van der Waals surface area contributed by atoms with Gasteiger partial charge in [0.25, 0.3) is 0 Å². The van der Waals surface area contributed by atoms with E-state index in [2.05, 4.69) is 60.0 Å². The largest absolute Gasteiger partial charge is 0.390 e. The Hall–Kier alpha value is -2.13. The number of hydrogen-bond donors (Lipinski definition) is 4. The Morgan fingerprint density at radius 1 is 0.891 bits per heavy atom. The van der Waals surface area contributed by atoms with Crippen LogP contribution in [0.5, 0.6) is 0 Å². The lowest BCUT2D eigenvalue weighted by molar-refractivity contribution is -0.132. The molecular formula is C38H59N3O4S. The molecule has 4 rings (SSSR count). The van der Waals surface area contributed by atoms with Crippen molar-refractivity contribution in [1.82, 2.24) is 15.5 Å². The van der Waals surface area contributed by atoms with E-state index in [1.54, 1.807) is 11.8 Å². The van der Waals surface area contributed by atoms with E-state index in [1.165, 1.54) is 19.3 Å². The first-order chi connectivity index (χ1) is 22.1. The predicted molar refractivity (Wildman–Crippen MR) is 191 cm³/mol. The van der Waals surface area contributed by atoms with Gasteiger partial charge in [-0.15, -0.1) is 0 Å². The summed E-state index contributed by atoms with van der Waals surface area (Å²) in [4.78, 5) is 30.2. The van der Waals surface area contributed by atoms with Crippen molar-refractivity contribution in [1.29, 1.82) is 0 Å². The molecule has 2 aromatic rings. The van der Waals surface area contributed by atoms with E-state index >= 15 is 0 Å². The second-order valence-corrected chi connectivity index (χ2v) is 15.8. The van der Waals surface area contributed by atoms with Gasteiger partial charge in [0.05, 0.1) is 18.1 Å². The van der Waals surface area contributed by atoms with Gasteiger partial charge in [0.2, 0.25) is 11.8 Å². The Kier molecular flexibility index (Phi) is 14.7. The summed E-state index contributed by atoms with van der Waals surface area (Å²) in [6.45, 7) is 4.99. The van der Waals surface area contributed by atoms with Crippen molar-refractivity contribution in [3.05, 3.63) is 48.0 Å². The monoisotopic (exact) mass is 653 g/mol. The van der Waals surface area contributed by atoms with Gasteiger partial charge in [0.1, 0.15) is 12.1 Å². The predicted octanol–water partition coefficient (Wildman–Crippen LogP) is 5.80. The van der Waals surface area contributed by atoms with Crippen LogP contribution in [0.4, 0.5) is 0 Å².